The van der Waals surface area contributed by atoms with Crippen molar-refractivity contribution in [3.05, 3.63) is 35.8 Å². The van der Waals surface area contributed by atoms with Crippen molar-refractivity contribution in [3.8, 4) is 17.1 Å². The van der Waals surface area contributed by atoms with Gasteiger partial charge in [-0.25, -0.2) is 18.9 Å². The molecule has 2 aliphatic heterocycles. The molecule has 10 nitrogen and oxygen atoms in total. The zero-order valence-electron chi connectivity index (χ0n) is 20.5. The summed E-state index contributed by atoms with van der Waals surface area (Å²) in [4.78, 5) is 22.9. The Labute approximate surface area is 215 Å². The zero-order valence-corrected chi connectivity index (χ0v) is 20.5. The minimum Gasteiger partial charge on any atom is -0.480 e. The third kappa shape index (κ3) is 5.10. The van der Waals surface area contributed by atoms with E-state index in [-0.39, 0.29) is 41.2 Å². The van der Waals surface area contributed by atoms with E-state index in [9.17, 15) is 22.4 Å². The van der Waals surface area contributed by atoms with Crippen molar-refractivity contribution in [2.24, 2.45) is 0 Å². The number of anilines is 1. The number of alkyl halides is 4. The molecule has 0 aliphatic carbocycles. The molecule has 2 saturated heterocycles. The minimum atomic E-state index is -4.73. The second kappa shape index (κ2) is 10.3. The summed E-state index contributed by atoms with van der Waals surface area (Å²) < 4.78 is 68.0. The van der Waals surface area contributed by atoms with Crippen LogP contribution in [0.5, 0.6) is 5.88 Å². The molecular weight excluding hydrogens is 510 g/mol. The van der Waals surface area contributed by atoms with E-state index in [1.807, 2.05) is 4.90 Å². The number of nitrogens with two attached hydrogens (primary N) is 1. The average molecular weight is 538 g/mol. The highest BCUT2D eigenvalue weighted by Gasteiger charge is 2.38. The highest BCUT2D eigenvalue weighted by atomic mass is 19.4. The molecule has 2 aliphatic rings. The fourth-order valence-electron chi connectivity index (χ4n) is 5.02. The summed E-state index contributed by atoms with van der Waals surface area (Å²) in [7, 11) is 1.31. The van der Waals surface area contributed by atoms with Gasteiger partial charge in [-0.1, -0.05) is 0 Å². The Morgan fingerprint density at radius 2 is 2.08 bits per heavy atom. The fraction of sp³-hybridized carbons (Fsp3) is 0.500. The first-order valence-electron chi connectivity index (χ1n) is 12.2. The molecule has 0 bridgehead atoms. The first-order chi connectivity index (χ1) is 18.2. The molecule has 0 radical (unpaired) electrons. The lowest BCUT2D eigenvalue weighted by atomic mass is 10.1. The molecule has 5 rings (SSSR count). The van der Waals surface area contributed by atoms with Gasteiger partial charge in [-0.15, -0.1) is 0 Å². The molecule has 3 N–H and O–H groups in total. The lowest BCUT2D eigenvalue weighted by Crippen LogP contribution is -2.42. The van der Waals surface area contributed by atoms with Crippen molar-refractivity contribution in [1.29, 1.82) is 0 Å². The van der Waals surface area contributed by atoms with Crippen LogP contribution in [-0.2, 0) is 10.9 Å². The Morgan fingerprint density at radius 3 is 2.79 bits per heavy atom. The van der Waals surface area contributed by atoms with Crippen LogP contribution in [-0.4, -0.2) is 82.1 Å². The molecular formula is C24H27F4N7O3. The lowest BCUT2D eigenvalue weighted by molar-refractivity contribution is -0.136. The number of nitrogen functional groups attached to an aromatic ring is 1. The van der Waals surface area contributed by atoms with Gasteiger partial charge in [-0.2, -0.15) is 18.3 Å². The third-order valence-corrected chi connectivity index (χ3v) is 6.85. The molecule has 0 spiro atoms. The van der Waals surface area contributed by atoms with Crippen molar-refractivity contribution < 1.29 is 31.8 Å². The van der Waals surface area contributed by atoms with Gasteiger partial charge in [0.05, 0.1) is 30.5 Å². The Bertz CT molecular complexity index is 1330. The highest BCUT2D eigenvalue weighted by Crippen LogP contribution is 2.39. The number of carbonyl (C=O) groups excluding carboxylic acids is 1. The van der Waals surface area contributed by atoms with Crippen molar-refractivity contribution in [3.63, 3.8) is 0 Å². The summed E-state index contributed by atoms with van der Waals surface area (Å²) in [6.45, 7) is 1.75. The number of fused-ring (bicyclic) bond motifs is 1. The standard InChI is InChI=1S/C24H27F4N7O3/c1-37-23-15(22(36)33-18-11-34(10-17(18)25)9-14-4-2-3-5-38-14)6-13(8-30-23)19-7-16(24(26,27)28)20-21(29)31-12-32-35(19)20/h6-8,12,14,17-18H,2-5,9-11H2,1H3,(H,33,36)(H2,29,31,32). The Balaban J connectivity index is 1.40. The molecule has 3 aromatic rings. The number of rotatable bonds is 6. The number of hydrogen-bond acceptors (Lipinski definition) is 8. The van der Waals surface area contributed by atoms with Crippen LogP contribution >= 0.6 is 0 Å². The molecule has 0 saturated carbocycles. The van der Waals surface area contributed by atoms with Crippen molar-refractivity contribution in [2.75, 3.05) is 39.1 Å². The SMILES string of the molecule is COc1ncc(-c2cc(C(F)(F)F)c3c(N)ncnn23)cc1C(=O)NC1CN(CC2CCCCO2)CC1F. The molecule has 204 valence electrons. The van der Waals surface area contributed by atoms with E-state index in [1.165, 1.54) is 19.4 Å². The normalized spacial score (nSPS) is 22.6. The maximum Gasteiger partial charge on any atom is 0.418 e. The summed E-state index contributed by atoms with van der Waals surface area (Å²) in [5.41, 5.74) is 4.37. The van der Waals surface area contributed by atoms with Crippen LogP contribution in [0.1, 0.15) is 35.2 Å². The van der Waals surface area contributed by atoms with Gasteiger partial charge in [-0.05, 0) is 31.4 Å². The second-order valence-corrected chi connectivity index (χ2v) is 9.43. The number of halogens is 4. The Hall–Kier alpha value is -3.52. The number of likely N-dealkylation sites (tertiary alicyclic amines) is 1. The van der Waals surface area contributed by atoms with Crippen molar-refractivity contribution in [2.45, 2.75) is 43.8 Å². The number of carbonyl (C=O) groups is 1. The number of hydrogen-bond donors (Lipinski definition) is 2. The molecule has 5 heterocycles. The molecule has 0 aromatic carbocycles. The maximum atomic E-state index is 14.8. The predicted octanol–water partition coefficient (Wildman–Crippen LogP) is 2.72. The quantitative estimate of drug-likeness (QED) is 0.461. The van der Waals surface area contributed by atoms with E-state index >= 15 is 0 Å². The summed E-state index contributed by atoms with van der Waals surface area (Å²) in [5, 5.41) is 6.61. The molecule has 1 amide bonds. The highest BCUT2D eigenvalue weighted by molar-refractivity contribution is 5.98. The Morgan fingerprint density at radius 1 is 1.26 bits per heavy atom. The number of pyridine rings is 1. The largest absolute Gasteiger partial charge is 0.480 e. The van der Waals surface area contributed by atoms with E-state index in [0.717, 1.165) is 36.2 Å². The minimum absolute atomic E-state index is 0.00600. The fourth-order valence-corrected chi connectivity index (χ4v) is 5.02. The average Bonchev–Trinajstić information content (AvgIpc) is 3.45. The van der Waals surface area contributed by atoms with Crippen LogP contribution in [0.25, 0.3) is 16.8 Å². The number of nitrogens with zero attached hydrogens (tertiary/aromatic N) is 5. The smallest absolute Gasteiger partial charge is 0.418 e. The topological polar surface area (TPSA) is 120 Å². The van der Waals surface area contributed by atoms with Gasteiger partial charge < -0.3 is 20.5 Å². The molecule has 3 unspecified atom stereocenters. The summed E-state index contributed by atoms with van der Waals surface area (Å²) in [6, 6.07) is 1.42. The van der Waals surface area contributed by atoms with E-state index in [1.54, 1.807) is 0 Å². The van der Waals surface area contributed by atoms with E-state index in [0.29, 0.717) is 19.7 Å². The van der Waals surface area contributed by atoms with Crippen LogP contribution in [0, 0.1) is 0 Å². The summed E-state index contributed by atoms with van der Waals surface area (Å²) in [5.74, 6) is -1.07. The van der Waals surface area contributed by atoms with Crippen LogP contribution in [0.4, 0.5) is 23.4 Å². The first-order valence-corrected chi connectivity index (χ1v) is 12.2. The van der Waals surface area contributed by atoms with Gasteiger partial charge in [0, 0.05) is 38.0 Å². The van der Waals surface area contributed by atoms with Gasteiger partial charge in [0.1, 0.15) is 23.6 Å². The van der Waals surface area contributed by atoms with E-state index in [4.69, 9.17) is 15.2 Å². The van der Waals surface area contributed by atoms with Crippen LogP contribution in [0.15, 0.2) is 24.7 Å². The number of methoxy groups -OCH3 is 1. The molecule has 14 heteroatoms. The maximum absolute atomic E-state index is 14.8. The van der Waals surface area contributed by atoms with Crippen molar-refractivity contribution in [1.82, 2.24) is 29.8 Å². The Kier molecular flexibility index (Phi) is 7.09. The molecule has 3 atom stereocenters. The summed E-state index contributed by atoms with van der Waals surface area (Å²) in [6.07, 6.45) is -0.682. The van der Waals surface area contributed by atoms with E-state index < -0.39 is 35.4 Å². The summed E-state index contributed by atoms with van der Waals surface area (Å²) >= 11 is 0. The zero-order chi connectivity index (χ0) is 27.0. The van der Waals surface area contributed by atoms with Gasteiger partial charge in [0.25, 0.3) is 5.91 Å². The van der Waals surface area contributed by atoms with Crippen LogP contribution < -0.4 is 15.8 Å². The number of aromatic nitrogens is 4. The first kappa shape index (κ1) is 26.1. The molecule has 3 aromatic heterocycles. The lowest BCUT2D eigenvalue weighted by Gasteiger charge is -2.27. The number of amides is 1. The monoisotopic (exact) mass is 537 g/mol. The van der Waals surface area contributed by atoms with Crippen molar-refractivity contribution >= 4 is 17.2 Å². The number of nitrogens with one attached hydrogen (secondary N) is 1. The molecule has 2 fully saturated rings. The van der Waals surface area contributed by atoms with Gasteiger partial charge in [-0.3, -0.25) is 9.69 Å². The van der Waals surface area contributed by atoms with Gasteiger partial charge in [0.15, 0.2) is 5.82 Å². The third-order valence-electron chi connectivity index (χ3n) is 6.85. The second-order valence-electron chi connectivity index (χ2n) is 9.43. The molecule has 38 heavy (non-hydrogen) atoms. The number of ether oxygens (including phenoxy) is 2. The van der Waals surface area contributed by atoms with Gasteiger partial charge >= 0.3 is 6.18 Å². The van der Waals surface area contributed by atoms with Gasteiger partial charge in [0.2, 0.25) is 5.88 Å². The van der Waals surface area contributed by atoms with Crippen LogP contribution in [0.2, 0.25) is 0 Å². The predicted molar refractivity (Wildman–Crippen MR) is 128 cm³/mol. The van der Waals surface area contributed by atoms with Crippen LogP contribution in [0.3, 0.4) is 0 Å². The van der Waals surface area contributed by atoms with E-state index in [2.05, 4.69) is 20.4 Å².